The van der Waals surface area contributed by atoms with Gasteiger partial charge in [-0.05, 0) is 42.2 Å². The maximum Gasteiger partial charge on any atom is 0.416 e. The van der Waals surface area contributed by atoms with Crippen LogP contribution in [-0.2, 0) is 19.0 Å². The quantitative estimate of drug-likeness (QED) is 0.760. The highest BCUT2D eigenvalue weighted by Crippen LogP contribution is 2.32. The summed E-state index contributed by atoms with van der Waals surface area (Å²) in [5.41, 5.74) is 2.95. The van der Waals surface area contributed by atoms with Crippen molar-refractivity contribution in [3.05, 3.63) is 59.2 Å². The van der Waals surface area contributed by atoms with Crippen molar-refractivity contribution in [1.29, 1.82) is 0 Å². The van der Waals surface area contributed by atoms with E-state index in [1.54, 1.807) is 11.0 Å². The number of anilines is 2. The Morgan fingerprint density at radius 3 is 2.10 bits per heavy atom. The van der Waals surface area contributed by atoms with Crippen molar-refractivity contribution in [1.82, 2.24) is 4.90 Å². The van der Waals surface area contributed by atoms with Gasteiger partial charge in [0.05, 0.1) is 5.56 Å². The number of piperazine rings is 1. The molecule has 29 heavy (non-hydrogen) atoms. The second kappa shape index (κ2) is 8.76. The average Bonchev–Trinajstić information content (AvgIpc) is 2.73. The molecule has 0 unspecified atom stereocenters. The summed E-state index contributed by atoms with van der Waals surface area (Å²) < 4.78 is 38.9. The number of carbonyl (C=O) groups excluding carboxylic acids is 1. The molecule has 1 N–H and O–H groups in total. The molecule has 0 aliphatic carbocycles. The van der Waals surface area contributed by atoms with E-state index in [-0.39, 0.29) is 6.03 Å². The third-order valence-corrected chi connectivity index (χ3v) is 5.34. The van der Waals surface area contributed by atoms with Crippen LogP contribution in [0.2, 0.25) is 0 Å². The number of hydrogen-bond donors (Lipinski definition) is 1. The minimum atomic E-state index is -4.36. The predicted octanol–water partition coefficient (Wildman–Crippen LogP) is 5.18. The number of amides is 2. The van der Waals surface area contributed by atoms with Crippen LogP contribution in [0.4, 0.5) is 29.3 Å². The molecule has 2 aromatic rings. The molecule has 4 nitrogen and oxygen atoms in total. The van der Waals surface area contributed by atoms with Crippen LogP contribution in [0, 0.1) is 0 Å². The van der Waals surface area contributed by atoms with Crippen molar-refractivity contribution < 1.29 is 18.0 Å². The number of aryl methyl sites for hydroxylation is 2. The van der Waals surface area contributed by atoms with E-state index in [4.69, 9.17) is 0 Å². The minimum Gasteiger partial charge on any atom is -0.368 e. The fraction of sp³-hybridized carbons (Fsp3) is 0.409. The summed E-state index contributed by atoms with van der Waals surface area (Å²) in [5, 5.41) is 3.05. The lowest BCUT2D eigenvalue weighted by atomic mass is 10.0. The third-order valence-electron chi connectivity index (χ3n) is 5.34. The van der Waals surface area contributed by atoms with Gasteiger partial charge in [0.1, 0.15) is 0 Å². The SMILES string of the molecule is CCc1cccc(CC)c1NC(=O)N1CCN(c2cccc(C(F)(F)F)c2)CC1. The van der Waals surface area contributed by atoms with Crippen molar-refractivity contribution in [3.8, 4) is 0 Å². The maximum absolute atomic E-state index is 13.0. The first-order valence-electron chi connectivity index (χ1n) is 9.92. The molecule has 1 heterocycles. The van der Waals surface area contributed by atoms with Gasteiger partial charge >= 0.3 is 12.2 Å². The smallest absolute Gasteiger partial charge is 0.368 e. The van der Waals surface area contributed by atoms with E-state index >= 15 is 0 Å². The molecule has 0 spiro atoms. The number of carbonyl (C=O) groups is 1. The zero-order valence-electron chi connectivity index (χ0n) is 16.7. The van der Waals surface area contributed by atoms with Crippen LogP contribution in [0.1, 0.15) is 30.5 Å². The zero-order valence-corrected chi connectivity index (χ0v) is 16.7. The maximum atomic E-state index is 13.0. The summed E-state index contributed by atoms with van der Waals surface area (Å²) in [6.45, 7) is 6.00. The summed E-state index contributed by atoms with van der Waals surface area (Å²) >= 11 is 0. The van der Waals surface area contributed by atoms with Crippen LogP contribution in [0.5, 0.6) is 0 Å². The van der Waals surface area contributed by atoms with Crippen molar-refractivity contribution in [2.24, 2.45) is 0 Å². The van der Waals surface area contributed by atoms with Crippen LogP contribution < -0.4 is 10.2 Å². The summed E-state index contributed by atoms with van der Waals surface area (Å²) in [6, 6.07) is 11.2. The standard InChI is InChI=1S/C22H26F3N3O/c1-3-16-7-5-8-17(4-2)20(16)26-21(29)28-13-11-27(12-14-28)19-10-6-9-18(15-19)22(23,24)25/h5-10,15H,3-4,11-14H2,1-2H3,(H,26,29). The zero-order chi connectivity index (χ0) is 21.0. The largest absolute Gasteiger partial charge is 0.416 e. The van der Waals surface area contributed by atoms with Crippen LogP contribution in [0.15, 0.2) is 42.5 Å². The molecular weight excluding hydrogens is 379 g/mol. The van der Waals surface area contributed by atoms with Crippen LogP contribution >= 0.6 is 0 Å². The highest BCUT2D eigenvalue weighted by molar-refractivity contribution is 5.91. The van der Waals surface area contributed by atoms with Gasteiger partial charge in [-0.2, -0.15) is 13.2 Å². The minimum absolute atomic E-state index is 0.163. The number of para-hydroxylation sites is 1. The second-order valence-electron chi connectivity index (χ2n) is 7.11. The Kier molecular flexibility index (Phi) is 6.35. The van der Waals surface area contributed by atoms with E-state index in [2.05, 4.69) is 19.2 Å². The summed E-state index contributed by atoms with van der Waals surface area (Å²) in [5.74, 6) is 0. The molecular formula is C22H26F3N3O. The van der Waals surface area contributed by atoms with Crippen LogP contribution in [-0.4, -0.2) is 37.1 Å². The van der Waals surface area contributed by atoms with E-state index < -0.39 is 11.7 Å². The van der Waals surface area contributed by atoms with Crippen molar-refractivity contribution in [2.75, 3.05) is 36.4 Å². The van der Waals surface area contributed by atoms with Gasteiger partial charge in [-0.15, -0.1) is 0 Å². The van der Waals surface area contributed by atoms with Gasteiger partial charge in [0.15, 0.2) is 0 Å². The fourth-order valence-corrected chi connectivity index (χ4v) is 3.64. The molecule has 1 aliphatic rings. The highest BCUT2D eigenvalue weighted by Gasteiger charge is 2.31. The molecule has 1 saturated heterocycles. The summed E-state index contributed by atoms with van der Waals surface area (Å²) in [6.07, 6.45) is -2.71. The number of halogens is 3. The van der Waals surface area contributed by atoms with Gasteiger partial charge in [-0.1, -0.05) is 38.1 Å². The Morgan fingerprint density at radius 1 is 0.966 bits per heavy atom. The average molecular weight is 405 g/mol. The molecule has 2 aromatic carbocycles. The van der Waals surface area contributed by atoms with E-state index in [0.717, 1.165) is 35.7 Å². The molecule has 0 saturated carbocycles. The Bertz CT molecular complexity index is 836. The Morgan fingerprint density at radius 2 is 1.55 bits per heavy atom. The molecule has 1 fully saturated rings. The number of rotatable bonds is 4. The molecule has 0 atom stereocenters. The van der Waals surface area contributed by atoms with E-state index in [9.17, 15) is 18.0 Å². The van der Waals surface area contributed by atoms with Gasteiger partial charge in [0.25, 0.3) is 0 Å². The van der Waals surface area contributed by atoms with E-state index in [1.165, 1.54) is 12.1 Å². The van der Waals surface area contributed by atoms with Crippen molar-refractivity contribution >= 4 is 17.4 Å². The van der Waals surface area contributed by atoms with Gasteiger partial charge in [0.2, 0.25) is 0 Å². The second-order valence-corrected chi connectivity index (χ2v) is 7.11. The molecule has 156 valence electrons. The van der Waals surface area contributed by atoms with Gasteiger partial charge in [-0.25, -0.2) is 4.79 Å². The molecule has 0 radical (unpaired) electrons. The Hall–Kier alpha value is -2.70. The molecule has 2 amide bonds. The number of urea groups is 1. The van der Waals surface area contributed by atoms with Gasteiger partial charge in [0, 0.05) is 37.6 Å². The molecule has 0 aromatic heterocycles. The lowest BCUT2D eigenvalue weighted by Crippen LogP contribution is -2.50. The third kappa shape index (κ3) is 4.83. The topological polar surface area (TPSA) is 35.6 Å². The van der Waals surface area contributed by atoms with Crippen molar-refractivity contribution in [3.63, 3.8) is 0 Å². The Labute approximate surface area is 169 Å². The summed E-state index contributed by atoms with van der Waals surface area (Å²) in [4.78, 5) is 16.4. The number of nitrogens with zero attached hydrogens (tertiary/aromatic N) is 2. The number of hydrogen-bond acceptors (Lipinski definition) is 2. The predicted molar refractivity (Wildman–Crippen MR) is 109 cm³/mol. The van der Waals surface area contributed by atoms with Crippen molar-refractivity contribution in [2.45, 2.75) is 32.9 Å². The molecule has 0 bridgehead atoms. The number of nitrogens with one attached hydrogen (secondary N) is 1. The van der Waals surface area contributed by atoms with E-state index in [0.29, 0.717) is 31.9 Å². The summed E-state index contributed by atoms with van der Waals surface area (Å²) in [7, 11) is 0. The molecule has 7 heteroatoms. The Balaban J connectivity index is 1.65. The molecule has 3 rings (SSSR count). The first kappa shape index (κ1) is 21.0. The number of benzene rings is 2. The highest BCUT2D eigenvalue weighted by atomic mass is 19.4. The fourth-order valence-electron chi connectivity index (χ4n) is 3.64. The van der Waals surface area contributed by atoms with Crippen LogP contribution in [0.3, 0.4) is 0 Å². The van der Waals surface area contributed by atoms with Gasteiger partial charge < -0.3 is 15.1 Å². The first-order valence-corrected chi connectivity index (χ1v) is 9.92. The lowest BCUT2D eigenvalue weighted by molar-refractivity contribution is -0.137. The first-order chi connectivity index (χ1) is 13.8. The number of alkyl halides is 3. The lowest BCUT2D eigenvalue weighted by Gasteiger charge is -2.36. The van der Waals surface area contributed by atoms with Crippen LogP contribution in [0.25, 0.3) is 0 Å². The van der Waals surface area contributed by atoms with E-state index in [1.807, 2.05) is 23.1 Å². The molecule has 1 aliphatic heterocycles. The normalized spacial score (nSPS) is 14.8. The van der Waals surface area contributed by atoms with Gasteiger partial charge in [-0.3, -0.25) is 0 Å². The monoisotopic (exact) mass is 405 g/mol.